The number of hydrogen-bond acceptors (Lipinski definition) is 4. The Morgan fingerprint density at radius 1 is 1.20 bits per heavy atom. The van der Waals surface area contributed by atoms with Gasteiger partial charge in [0.15, 0.2) is 0 Å². The molecule has 0 aliphatic heterocycles. The molecule has 0 aliphatic rings. The third-order valence-electron chi connectivity index (χ3n) is 3.27. The summed E-state index contributed by atoms with van der Waals surface area (Å²) in [5.41, 5.74) is 1.91. The molecule has 0 saturated heterocycles. The van der Waals surface area contributed by atoms with Crippen molar-refractivity contribution < 1.29 is 14.6 Å². The minimum absolute atomic E-state index is 0.598. The van der Waals surface area contributed by atoms with E-state index in [4.69, 9.17) is 9.47 Å². The Hall–Kier alpha value is -1.04. The Kier molecular flexibility index (Phi) is 4.73. The average Bonchev–Trinajstić information content (AvgIpc) is 2.77. The molecule has 5 heteroatoms. The molecule has 1 aromatic carbocycles. The molecule has 1 N–H and O–H groups in total. The largest absolute Gasteiger partial charge is 0.495 e. The van der Waals surface area contributed by atoms with Crippen molar-refractivity contribution >= 4 is 27.3 Å². The molecular formula is C15H17BrO3S. The molecule has 0 bridgehead atoms. The molecule has 3 nitrogen and oxygen atoms in total. The average molecular weight is 357 g/mol. The summed E-state index contributed by atoms with van der Waals surface area (Å²) in [5.74, 6) is 1.27. The number of aryl methyl sites for hydroxylation is 2. The van der Waals surface area contributed by atoms with Gasteiger partial charge in [0.2, 0.25) is 0 Å². The van der Waals surface area contributed by atoms with Crippen LogP contribution in [0.3, 0.4) is 0 Å². The van der Waals surface area contributed by atoms with Gasteiger partial charge >= 0.3 is 0 Å². The molecule has 0 fully saturated rings. The summed E-state index contributed by atoms with van der Waals surface area (Å²) in [6.45, 7) is 4.10. The van der Waals surface area contributed by atoms with Crippen LogP contribution < -0.4 is 9.47 Å². The topological polar surface area (TPSA) is 38.7 Å². The highest BCUT2D eigenvalue weighted by Gasteiger charge is 2.21. The molecule has 0 spiro atoms. The highest BCUT2D eigenvalue weighted by molar-refractivity contribution is 9.10. The first kappa shape index (κ1) is 15.4. The van der Waals surface area contributed by atoms with E-state index >= 15 is 0 Å². The van der Waals surface area contributed by atoms with Gasteiger partial charge < -0.3 is 14.6 Å². The number of benzene rings is 1. The fraction of sp³-hybridized carbons (Fsp3) is 0.333. The molecule has 0 radical (unpaired) electrons. The zero-order valence-electron chi connectivity index (χ0n) is 11.9. The first-order valence-corrected chi connectivity index (χ1v) is 7.76. The van der Waals surface area contributed by atoms with E-state index in [0.29, 0.717) is 16.0 Å². The zero-order chi connectivity index (χ0) is 14.9. The number of rotatable bonds is 4. The van der Waals surface area contributed by atoms with E-state index in [9.17, 15) is 5.11 Å². The van der Waals surface area contributed by atoms with Crippen molar-refractivity contribution in [2.75, 3.05) is 14.2 Å². The van der Waals surface area contributed by atoms with Crippen molar-refractivity contribution in [3.8, 4) is 11.5 Å². The van der Waals surface area contributed by atoms with Crippen LogP contribution in [0.15, 0.2) is 22.7 Å². The summed E-state index contributed by atoms with van der Waals surface area (Å²) >= 11 is 5.06. The van der Waals surface area contributed by atoms with Crippen LogP contribution in [0.1, 0.15) is 27.0 Å². The molecule has 0 amide bonds. The van der Waals surface area contributed by atoms with Gasteiger partial charge in [-0.15, -0.1) is 11.3 Å². The molecule has 0 saturated carbocycles. The maximum absolute atomic E-state index is 10.6. The number of aliphatic hydroxyl groups is 1. The number of ether oxygens (including phenoxy) is 2. The first-order chi connectivity index (χ1) is 9.49. The van der Waals surface area contributed by atoms with Gasteiger partial charge in [-0.05, 0) is 53.5 Å². The molecule has 1 unspecified atom stereocenters. The number of thiophene rings is 1. The second-order valence-corrected chi connectivity index (χ2v) is 6.58. The van der Waals surface area contributed by atoms with Crippen LogP contribution in [0.25, 0.3) is 0 Å². The normalized spacial score (nSPS) is 12.3. The van der Waals surface area contributed by atoms with E-state index in [1.165, 1.54) is 10.4 Å². The summed E-state index contributed by atoms with van der Waals surface area (Å²) in [6, 6.07) is 5.66. The van der Waals surface area contributed by atoms with E-state index in [1.54, 1.807) is 25.6 Å². The van der Waals surface area contributed by atoms with Gasteiger partial charge in [0, 0.05) is 15.3 Å². The van der Waals surface area contributed by atoms with Crippen molar-refractivity contribution in [3.05, 3.63) is 43.6 Å². The van der Waals surface area contributed by atoms with Crippen molar-refractivity contribution in [1.82, 2.24) is 0 Å². The Bertz CT molecular complexity index is 602. The van der Waals surface area contributed by atoms with Gasteiger partial charge in [0.1, 0.15) is 22.1 Å². The van der Waals surface area contributed by atoms with Crippen LogP contribution >= 0.6 is 27.3 Å². The predicted octanol–water partition coefficient (Wildman–Crippen LogP) is 4.23. The Balaban J connectivity index is 2.49. The lowest BCUT2D eigenvalue weighted by Gasteiger charge is -2.16. The Morgan fingerprint density at radius 2 is 1.90 bits per heavy atom. The third kappa shape index (κ3) is 2.71. The lowest BCUT2D eigenvalue weighted by atomic mass is 10.1. The third-order valence-corrected chi connectivity index (χ3v) is 5.22. The quantitative estimate of drug-likeness (QED) is 0.890. The number of hydrogen-bond donors (Lipinski definition) is 1. The molecule has 108 valence electrons. The minimum Gasteiger partial charge on any atom is -0.495 e. The number of halogens is 1. The molecule has 20 heavy (non-hydrogen) atoms. The molecule has 1 heterocycles. The summed E-state index contributed by atoms with van der Waals surface area (Å²) < 4.78 is 11.4. The van der Waals surface area contributed by atoms with E-state index in [1.807, 2.05) is 25.1 Å². The highest BCUT2D eigenvalue weighted by Crippen LogP contribution is 2.42. The smallest absolute Gasteiger partial charge is 0.142 e. The molecule has 1 aromatic heterocycles. The van der Waals surface area contributed by atoms with Crippen LogP contribution in [0.2, 0.25) is 0 Å². The lowest BCUT2D eigenvalue weighted by Crippen LogP contribution is -2.02. The van der Waals surface area contributed by atoms with Crippen molar-refractivity contribution in [2.45, 2.75) is 20.0 Å². The van der Waals surface area contributed by atoms with Crippen LogP contribution in [0.4, 0.5) is 0 Å². The minimum atomic E-state index is -0.704. The molecular weight excluding hydrogens is 340 g/mol. The van der Waals surface area contributed by atoms with Gasteiger partial charge in [-0.3, -0.25) is 0 Å². The Labute approximate surface area is 131 Å². The first-order valence-electron chi connectivity index (χ1n) is 6.15. The summed E-state index contributed by atoms with van der Waals surface area (Å²) in [4.78, 5) is 2.13. The summed E-state index contributed by atoms with van der Waals surface area (Å²) in [5, 5.41) is 10.6. The second kappa shape index (κ2) is 6.16. The van der Waals surface area contributed by atoms with Crippen LogP contribution in [0, 0.1) is 13.8 Å². The van der Waals surface area contributed by atoms with Crippen molar-refractivity contribution in [1.29, 1.82) is 0 Å². The summed E-state index contributed by atoms with van der Waals surface area (Å²) in [7, 11) is 3.18. The second-order valence-electron chi connectivity index (χ2n) is 4.49. The van der Waals surface area contributed by atoms with Crippen molar-refractivity contribution in [2.24, 2.45) is 0 Å². The van der Waals surface area contributed by atoms with E-state index in [-0.39, 0.29) is 0 Å². The zero-order valence-corrected chi connectivity index (χ0v) is 14.3. The van der Waals surface area contributed by atoms with Gasteiger partial charge in [-0.2, -0.15) is 0 Å². The SMILES string of the molecule is COc1ccc(C(O)c2cc(C)c(C)s2)c(OC)c1Br. The molecule has 2 aromatic rings. The van der Waals surface area contributed by atoms with Crippen molar-refractivity contribution in [3.63, 3.8) is 0 Å². The maximum atomic E-state index is 10.6. The summed E-state index contributed by atoms with van der Waals surface area (Å²) in [6.07, 6.45) is -0.704. The molecule has 1 atom stereocenters. The van der Waals surface area contributed by atoms with Gasteiger partial charge in [0.25, 0.3) is 0 Å². The van der Waals surface area contributed by atoms with Gasteiger partial charge in [0.05, 0.1) is 14.2 Å². The molecule has 0 aliphatic carbocycles. The fourth-order valence-electron chi connectivity index (χ4n) is 2.02. The lowest BCUT2D eigenvalue weighted by molar-refractivity contribution is 0.218. The van der Waals surface area contributed by atoms with E-state index < -0.39 is 6.10 Å². The van der Waals surface area contributed by atoms with Gasteiger partial charge in [-0.1, -0.05) is 0 Å². The van der Waals surface area contributed by atoms with E-state index in [0.717, 1.165) is 10.4 Å². The van der Waals surface area contributed by atoms with Gasteiger partial charge in [-0.25, -0.2) is 0 Å². The fourth-order valence-corrected chi connectivity index (χ4v) is 3.76. The van der Waals surface area contributed by atoms with E-state index in [2.05, 4.69) is 22.9 Å². The monoisotopic (exact) mass is 356 g/mol. The number of aliphatic hydroxyl groups excluding tert-OH is 1. The standard InChI is InChI=1S/C15H17BrO3S/c1-8-7-12(20-9(8)2)14(17)10-5-6-11(18-3)13(16)15(10)19-4/h5-7,14,17H,1-4H3. The maximum Gasteiger partial charge on any atom is 0.142 e. The van der Waals surface area contributed by atoms with Crippen LogP contribution in [-0.2, 0) is 0 Å². The highest BCUT2D eigenvalue weighted by atomic mass is 79.9. The number of methoxy groups -OCH3 is 2. The van der Waals surface area contributed by atoms with Crippen LogP contribution in [-0.4, -0.2) is 19.3 Å². The van der Waals surface area contributed by atoms with Crippen LogP contribution in [0.5, 0.6) is 11.5 Å². The predicted molar refractivity (Wildman–Crippen MR) is 85.1 cm³/mol. The molecule has 2 rings (SSSR count). The Morgan fingerprint density at radius 3 is 2.40 bits per heavy atom.